The number of hydrogen-bond donors (Lipinski definition) is 3. The van der Waals surface area contributed by atoms with Gasteiger partial charge in [-0.2, -0.15) is 0 Å². The maximum atomic E-state index is 12.1. The molecule has 0 bridgehead atoms. The quantitative estimate of drug-likeness (QED) is 0.649. The predicted octanol–water partition coefficient (Wildman–Crippen LogP) is -0.548. The number of aromatic hydroxyl groups is 2. The molecule has 0 aromatic heterocycles. The molecule has 0 amide bonds. The van der Waals surface area contributed by atoms with Crippen molar-refractivity contribution in [3.8, 4) is 11.5 Å². The van der Waals surface area contributed by atoms with Crippen molar-refractivity contribution < 1.29 is 18.6 Å². The summed E-state index contributed by atoms with van der Waals surface area (Å²) >= 11 is 0. The molecule has 0 saturated carbocycles. The van der Waals surface area contributed by atoms with Crippen LogP contribution in [0.25, 0.3) is 5.57 Å². The van der Waals surface area contributed by atoms with Crippen molar-refractivity contribution in [1.29, 1.82) is 0 Å². The molecule has 1 aromatic carbocycles. The molecule has 2 aliphatic rings. The van der Waals surface area contributed by atoms with Crippen molar-refractivity contribution in [3.63, 3.8) is 0 Å². The van der Waals surface area contributed by atoms with Crippen LogP contribution in [0.2, 0.25) is 0 Å². The third-order valence-corrected chi connectivity index (χ3v) is 4.83. The van der Waals surface area contributed by atoms with Crippen LogP contribution in [0.1, 0.15) is 6.42 Å². The van der Waals surface area contributed by atoms with Crippen molar-refractivity contribution in [2.75, 3.05) is 13.6 Å². The van der Waals surface area contributed by atoms with Crippen LogP contribution >= 0.6 is 0 Å². The molecular weight excluding hydrogens is 294 g/mol. The Balaban J connectivity index is 2.43. The number of nitrogens with zero attached hydrogens (tertiary/aromatic N) is 2. The monoisotopic (exact) mass is 307 g/mol. The molecule has 2 heterocycles. The number of hydrogen-bond acceptors (Lipinski definition) is 7. The molecule has 7 nitrogen and oxygen atoms in total. The van der Waals surface area contributed by atoms with Crippen LogP contribution in [0.15, 0.2) is 26.5 Å². The Morgan fingerprint density at radius 3 is 2.76 bits per heavy atom. The van der Waals surface area contributed by atoms with Crippen molar-refractivity contribution >= 4 is 27.3 Å². The number of fused-ring (bicyclic) bond motifs is 2. The minimum Gasteiger partial charge on any atom is -0.506 e. The zero-order valence-electron chi connectivity index (χ0n) is 11.2. The molecule has 0 unspecified atom stereocenters. The summed E-state index contributed by atoms with van der Waals surface area (Å²) in [5.74, 6) is -0.740. The average Bonchev–Trinajstić information content (AvgIpc) is 2.85. The van der Waals surface area contributed by atoms with Gasteiger partial charge in [0.25, 0.3) is 0 Å². The van der Waals surface area contributed by atoms with E-state index in [4.69, 9.17) is 0 Å². The highest BCUT2D eigenvalue weighted by molar-refractivity contribution is 7.94. The van der Waals surface area contributed by atoms with E-state index in [1.165, 1.54) is 6.21 Å². The molecule has 110 valence electrons. The minimum atomic E-state index is -3.83. The largest absolute Gasteiger partial charge is 0.506 e. The third-order valence-electron chi connectivity index (χ3n) is 3.40. The molecule has 0 aliphatic carbocycles. The van der Waals surface area contributed by atoms with E-state index in [2.05, 4.69) is 15.3 Å². The summed E-state index contributed by atoms with van der Waals surface area (Å²) in [5.41, 5.74) is 0.825. The number of phenols is 2. The van der Waals surface area contributed by atoms with Crippen LogP contribution in [0, 0.1) is 0 Å². The summed E-state index contributed by atoms with van der Waals surface area (Å²) in [4.78, 5) is 7.55. The molecule has 0 saturated heterocycles. The van der Waals surface area contributed by atoms with Gasteiger partial charge >= 0.3 is 0 Å². The lowest BCUT2D eigenvalue weighted by molar-refractivity contribution is 0.436. The average molecular weight is 307 g/mol. The fourth-order valence-corrected chi connectivity index (χ4v) is 3.55. The number of rotatable bonds is 3. The van der Waals surface area contributed by atoms with Gasteiger partial charge in [-0.25, -0.2) is 8.42 Å². The molecule has 0 spiro atoms. The standard InChI is InChI=1S/C13H13N3O4S/c1-14-3-2-7-6-16-9-8(7)11(17)13-10(12(9)18)15-4-5-21(13,19)20/h4-6,14,17-18H,2-3H2,1H3. The number of sulfone groups is 1. The van der Waals surface area contributed by atoms with Crippen LogP contribution in [-0.4, -0.2) is 38.4 Å². The molecule has 0 radical (unpaired) electrons. The van der Waals surface area contributed by atoms with E-state index < -0.39 is 15.6 Å². The van der Waals surface area contributed by atoms with E-state index in [0.717, 1.165) is 11.6 Å². The third kappa shape index (κ3) is 1.95. The van der Waals surface area contributed by atoms with Gasteiger partial charge in [-0.3, -0.25) is 9.98 Å². The van der Waals surface area contributed by atoms with Gasteiger partial charge in [0.15, 0.2) is 5.75 Å². The maximum Gasteiger partial charge on any atom is 0.207 e. The Labute approximate surface area is 120 Å². The fourth-order valence-electron chi connectivity index (χ4n) is 2.40. The first-order valence-electron chi connectivity index (χ1n) is 6.26. The second-order valence-electron chi connectivity index (χ2n) is 4.69. The van der Waals surface area contributed by atoms with Crippen LogP contribution in [0.4, 0.5) is 5.69 Å². The lowest BCUT2D eigenvalue weighted by Crippen LogP contribution is -2.23. The van der Waals surface area contributed by atoms with E-state index in [1.54, 1.807) is 7.05 Å². The van der Waals surface area contributed by atoms with Gasteiger partial charge in [0.2, 0.25) is 9.84 Å². The first kappa shape index (κ1) is 13.8. The Bertz CT molecular complexity index is 914. The maximum absolute atomic E-state index is 12.1. The first-order chi connectivity index (χ1) is 9.97. The minimum absolute atomic E-state index is 0.159. The normalized spacial score (nSPS) is 17.5. The van der Waals surface area contributed by atoms with E-state index in [9.17, 15) is 18.6 Å². The molecular formula is C13H13N3O4S. The van der Waals surface area contributed by atoms with Crippen LogP contribution in [0.3, 0.4) is 0 Å². The first-order valence-corrected chi connectivity index (χ1v) is 7.81. The van der Waals surface area contributed by atoms with Gasteiger partial charge in [-0.05, 0) is 25.6 Å². The summed E-state index contributed by atoms with van der Waals surface area (Å²) in [5, 5.41) is 24.5. The lowest BCUT2D eigenvalue weighted by atomic mass is 10.1. The van der Waals surface area contributed by atoms with Gasteiger partial charge in [0.1, 0.15) is 21.7 Å². The highest BCUT2D eigenvalue weighted by atomic mass is 32.2. The van der Waals surface area contributed by atoms with E-state index in [-0.39, 0.29) is 26.9 Å². The van der Waals surface area contributed by atoms with Crippen molar-refractivity contribution in [2.24, 2.45) is 9.98 Å². The van der Waals surface area contributed by atoms with E-state index >= 15 is 0 Å². The Hall–Kier alpha value is -2.19. The second kappa shape index (κ2) is 4.68. The fraction of sp³-hybridized carbons (Fsp3) is 0.231. The van der Waals surface area contributed by atoms with Crippen molar-refractivity contribution in [1.82, 2.24) is 5.32 Å². The zero-order chi connectivity index (χ0) is 15.2. The topological polar surface area (TPSA) is 111 Å². The second-order valence-corrected chi connectivity index (χ2v) is 6.47. The van der Waals surface area contributed by atoms with E-state index in [1.807, 2.05) is 0 Å². The number of benzene rings is 1. The summed E-state index contributed by atoms with van der Waals surface area (Å²) in [6.45, 7) is 0.634. The highest BCUT2D eigenvalue weighted by Crippen LogP contribution is 2.31. The van der Waals surface area contributed by atoms with Crippen molar-refractivity contribution in [3.05, 3.63) is 22.2 Å². The van der Waals surface area contributed by atoms with Gasteiger partial charge in [-0.1, -0.05) is 0 Å². The number of nitrogens with one attached hydrogen (secondary N) is 1. The summed E-state index contributed by atoms with van der Waals surface area (Å²) in [7, 11) is -2.05. The molecule has 1 aromatic rings. The van der Waals surface area contributed by atoms with Crippen LogP contribution in [-0.2, 0) is 9.84 Å². The summed E-state index contributed by atoms with van der Waals surface area (Å²) in [6.07, 6.45) is 3.15. The molecule has 0 fully saturated rings. The van der Waals surface area contributed by atoms with Gasteiger partial charge in [0, 0.05) is 12.4 Å². The van der Waals surface area contributed by atoms with E-state index in [0.29, 0.717) is 18.5 Å². The van der Waals surface area contributed by atoms with Crippen LogP contribution < -0.4 is 15.9 Å². The predicted molar refractivity (Wildman–Crippen MR) is 77.0 cm³/mol. The molecule has 3 N–H and O–H groups in total. The zero-order valence-corrected chi connectivity index (χ0v) is 12.0. The molecule has 21 heavy (non-hydrogen) atoms. The van der Waals surface area contributed by atoms with Crippen LogP contribution in [0.5, 0.6) is 11.5 Å². The molecule has 3 rings (SSSR count). The number of aliphatic imine (C=N–C) groups is 1. The van der Waals surface area contributed by atoms with Gasteiger partial charge < -0.3 is 15.5 Å². The Kier molecular flexibility index (Phi) is 3.07. The summed E-state index contributed by atoms with van der Waals surface area (Å²) < 4.78 is 24.2. The number of phenolic OH excluding ortho intramolecular Hbond substituents is 2. The smallest absolute Gasteiger partial charge is 0.207 e. The highest BCUT2D eigenvalue weighted by Gasteiger charge is 2.29. The van der Waals surface area contributed by atoms with Crippen molar-refractivity contribution in [2.45, 2.75) is 11.3 Å². The molecule has 8 heteroatoms. The Morgan fingerprint density at radius 2 is 2.05 bits per heavy atom. The molecule has 2 aliphatic heterocycles. The van der Waals surface area contributed by atoms with Gasteiger partial charge in [0.05, 0.1) is 10.6 Å². The van der Waals surface area contributed by atoms with Gasteiger partial charge in [-0.15, -0.1) is 0 Å². The Morgan fingerprint density at radius 1 is 1.29 bits per heavy atom. The summed E-state index contributed by atoms with van der Waals surface area (Å²) in [6, 6.07) is 0. The molecule has 0 atom stereocenters. The SMILES string of the molecule is CNCCC1=c2c(O)c3c(c(O)c2N=C1)=NC=CS3(=O)=O. The lowest BCUT2D eigenvalue weighted by Gasteiger charge is -2.10.